The van der Waals surface area contributed by atoms with E-state index < -0.39 is 0 Å². The van der Waals surface area contributed by atoms with Crippen molar-refractivity contribution in [1.29, 1.82) is 0 Å². The van der Waals surface area contributed by atoms with Crippen molar-refractivity contribution in [2.75, 3.05) is 0 Å². The second kappa shape index (κ2) is 2.66. The highest BCUT2D eigenvalue weighted by Crippen LogP contribution is 2.45. The van der Waals surface area contributed by atoms with Crippen molar-refractivity contribution in [1.82, 2.24) is 0 Å². The summed E-state index contributed by atoms with van der Waals surface area (Å²) in [5.74, 6) is 3.51. The van der Waals surface area contributed by atoms with E-state index in [1.807, 2.05) is 0 Å². The minimum atomic E-state index is 0.837. The van der Waals surface area contributed by atoms with Crippen molar-refractivity contribution >= 4 is 0 Å². The summed E-state index contributed by atoms with van der Waals surface area (Å²) in [7, 11) is 0. The molecular formula is C11H17. The molecule has 2 aliphatic carbocycles. The Balaban J connectivity index is 1.93. The molecule has 0 aromatic heterocycles. The van der Waals surface area contributed by atoms with Crippen LogP contribution in [-0.4, -0.2) is 0 Å². The second-order valence-corrected chi connectivity index (χ2v) is 4.43. The lowest BCUT2D eigenvalue weighted by atomic mass is 9.86. The lowest BCUT2D eigenvalue weighted by molar-refractivity contribution is 0.404. The molecule has 0 amide bonds. The third-order valence-corrected chi connectivity index (χ3v) is 2.94. The first-order chi connectivity index (χ1) is 5.25. The van der Waals surface area contributed by atoms with Gasteiger partial charge in [-0.25, -0.2) is 0 Å². The molecule has 2 aliphatic rings. The Hall–Kier alpha value is -0.260. The minimum absolute atomic E-state index is 0.837. The molecule has 2 bridgehead atoms. The molecule has 0 aliphatic heterocycles. The van der Waals surface area contributed by atoms with Crippen molar-refractivity contribution in [3.8, 4) is 0 Å². The average molecular weight is 149 g/mol. The Labute approximate surface area is 69.7 Å². The van der Waals surface area contributed by atoms with Crippen LogP contribution in [0.5, 0.6) is 0 Å². The van der Waals surface area contributed by atoms with Crippen LogP contribution >= 0.6 is 0 Å². The zero-order chi connectivity index (χ0) is 7.84. The largest absolute Gasteiger partial charge is 0.0848 e. The van der Waals surface area contributed by atoms with E-state index in [2.05, 4.69) is 32.4 Å². The maximum absolute atomic E-state index is 2.56. The zero-order valence-corrected chi connectivity index (χ0v) is 7.46. The van der Waals surface area contributed by atoms with Gasteiger partial charge in [-0.05, 0) is 42.9 Å². The minimum Gasteiger partial charge on any atom is -0.0848 e. The maximum atomic E-state index is 2.56. The van der Waals surface area contributed by atoms with E-state index in [0.717, 1.165) is 23.7 Å². The van der Waals surface area contributed by atoms with Crippen LogP contribution < -0.4 is 0 Å². The van der Waals surface area contributed by atoms with Gasteiger partial charge in [0.05, 0.1) is 0 Å². The van der Waals surface area contributed by atoms with Crippen LogP contribution in [0.3, 0.4) is 0 Å². The van der Waals surface area contributed by atoms with E-state index in [1.165, 1.54) is 12.8 Å². The summed E-state index contributed by atoms with van der Waals surface area (Å²) in [6.45, 7) is 4.65. The number of fused-ring (bicyclic) bond motifs is 2. The maximum Gasteiger partial charge on any atom is -0.0194 e. The first kappa shape index (κ1) is 7.39. The van der Waals surface area contributed by atoms with Crippen molar-refractivity contribution in [3.05, 3.63) is 18.6 Å². The third kappa shape index (κ3) is 1.36. The normalized spacial score (nSPS) is 40.8. The predicted octanol–water partition coefficient (Wildman–Crippen LogP) is 3.06. The Kier molecular flexibility index (Phi) is 1.78. The van der Waals surface area contributed by atoms with Crippen molar-refractivity contribution in [3.63, 3.8) is 0 Å². The second-order valence-electron chi connectivity index (χ2n) is 4.43. The molecule has 0 N–H and O–H groups in total. The van der Waals surface area contributed by atoms with Gasteiger partial charge in [-0.3, -0.25) is 0 Å². The fourth-order valence-electron chi connectivity index (χ4n) is 2.47. The molecule has 11 heavy (non-hydrogen) atoms. The summed E-state index contributed by atoms with van der Waals surface area (Å²) < 4.78 is 0. The highest BCUT2D eigenvalue weighted by atomic mass is 14.4. The van der Waals surface area contributed by atoms with Crippen LogP contribution in [0.2, 0.25) is 0 Å². The molecule has 3 unspecified atom stereocenters. The van der Waals surface area contributed by atoms with Crippen LogP contribution in [-0.2, 0) is 0 Å². The van der Waals surface area contributed by atoms with Gasteiger partial charge in [-0.2, -0.15) is 0 Å². The molecule has 61 valence electrons. The van der Waals surface area contributed by atoms with E-state index in [0.29, 0.717) is 0 Å². The average Bonchev–Trinajstić information content (AvgIpc) is 2.45. The standard InChI is InChI=1S/C11H17/c1-8(2)5-11-7-9-3-4-10(11)6-9/h3-4,7-11H,5-6H2,1-2H3. The smallest absolute Gasteiger partial charge is 0.0194 e. The molecule has 0 heterocycles. The molecule has 1 saturated carbocycles. The highest BCUT2D eigenvalue weighted by molar-refractivity contribution is 5.17. The van der Waals surface area contributed by atoms with E-state index in [1.54, 1.807) is 0 Å². The van der Waals surface area contributed by atoms with Crippen molar-refractivity contribution in [2.45, 2.75) is 26.7 Å². The number of rotatable bonds is 2. The third-order valence-electron chi connectivity index (χ3n) is 2.94. The summed E-state index contributed by atoms with van der Waals surface area (Å²) in [4.78, 5) is 0. The van der Waals surface area contributed by atoms with E-state index in [-0.39, 0.29) is 0 Å². The first-order valence-corrected chi connectivity index (χ1v) is 4.79. The van der Waals surface area contributed by atoms with Crippen LogP contribution in [0.1, 0.15) is 26.7 Å². The monoisotopic (exact) mass is 149 g/mol. The van der Waals surface area contributed by atoms with E-state index in [9.17, 15) is 0 Å². The van der Waals surface area contributed by atoms with E-state index >= 15 is 0 Å². The lowest BCUT2D eigenvalue weighted by Crippen LogP contribution is -2.10. The van der Waals surface area contributed by atoms with Crippen LogP contribution in [0.15, 0.2) is 12.2 Å². The SMILES string of the molecule is CC(C)CC1[CH]C2C=CC1C2. The molecule has 2 rings (SSSR count). The van der Waals surface area contributed by atoms with Gasteiger partial charge >= 0.3 is 0 Å². The molecule has 3 atom stereocenters. The van der Waals surface area contributed by atoms with Gasteiger partial charge in [0.1, 0.15) is 0 Å². The fraction of sp³-hybridized carbons (Fsp3) is 0.727. The Morgan fingerprint density at radius 3 is 2.64 bits per heavy atom. The summed E-state index contributed by atoms with van der Waals surface area (Å²) in [6, 6.07) is 0. The summed E-state index contributed by atoms with van der Waals surface area (Å²) in [5.41, 5.74) is 0. The number of hydrogen-bond acceptors (Lipinski definition) is 0. The van der Waals surface area contributed by atoms with Crippen molar-refractivity contribution in [2.24, 2.45) is 23.7 Å². The molecule has 0 heteroatoms. The first-order valence-electron chi connectivity index (χ1n) is 4.79. The molecule has 0 aromatic carbocycles. The molecule has 0 nitrogen and oxygen atoms in total. The summed E-state index contributed by atoms with van der Waals surface area (Å²) in [6.07, 6.45) is 10.2. The van der Waals surface area contributed by atoms with Crippen LogP contribution in [0, 0.1) is 30.1 Å². The fourth-order valence-corrected chi connectivity index (χ4v) is 2.47. The zero-order valence-electron chi connectivity index (χ0n) is 7.46. The molecule has 1 radical (unpaired) electrons. The Morgan fingerprint density at radius 2 is 2.18 bits per heavy atom. The van der Waals surface area contributed by atoms with Crippen LogP contribution in [0.4, 0.5) is 0 Å². The molecule has 0 saturated heterocycles. The molecule has 1 fully saturated rings. The lowest BCUT2D eigenvalue weighted by Gasteiger charge is -2.19. The molecular weight excluding hydrogens is 132 g/mol. The van der Waals surface area contributed by atoms with Gasteiger partial charge in [0, 0.05) is 0 Å². The van der Waals surface area contributed by atoms with Gasteiger partial charge in [-0.1, -0.05) is 26.0 Å². The Morgan fingerprint density at radius 1 is 1.36 bits per heavy atom. The van der Waals surface area contributed by atoms with E-state index in [4.69, 9.17) is 0 Å². The van der Waals surface area contributed by atoms with Crippen molar-refractivity contribution < 1.29 is 0 Å². The number of hydrogen-bond donors (Lipinski definition) is 0. The molecule has 0 spiro atoms. The topological polar surface area (TPSA) is 0 Å². The van der Waals surface area contributed by atoms with Gasteiger partial charge < -0.3 is 0 Å². The highest BCUT2D eigenvalue weighted by Gasteiger charge is 2.35. The van der Waals surface area contributed by atoms with Gasteiger partial charge in [0.15, 0.2) is 0 Å². The van der Waals surface area contributed by atoms with Gasteiger partial charge in [0.2, 0.25) is 0 Å². The van der Waals surface area contributed by atoms with Gasteiger partial charge in [-0.15, -0.1) is 0 Å². The molecule has 0 aromatic rings. The quantitative estimate of drug-likeness (QED) is 0.529. The predicted molar refractivity (Wildman–Crippen MR) is 48.0 cm³/mol. The van der Waals surface area contributed by atoms with Gasteiger partial charge in [0.25, 0.3) is 0 Å². The number of allylic oxidation sites excluding steroid dienone is 2. The Bertz CT molecular complexity index is 167. The summed E-state index contributed by atoms with van der Waals surface area (Å²) >= 11 is 0. The summed E-state index contributed by atoms with van der Waals surface area (Å²) in [5, 5.41) is 0. The van der Waals surface area contributed by atoms with Crippen LogP contribution in [0.25, 0.3) is 0 Å².